The van der Waals surface area contributed by atoms with Crippen LogP contribution < -0.4 is 15.0 Å². The van der Waals surface area contributed by atoms with Gasteiger partial charge in [-0.2, -0.15) is 0 Å². The van der Waals surface area contributed by atoms with Crippen LogP contribution in [0.15, 0.2) is 78.9 Å². The summed E-state index contributed by atoms with van der Waals surface area (Å²) in [5, 5.41) is 2.98. The number of nitrogens with one attached hydrogen (secondary N) is 1. The average Bonchev–Trinajstić information content (AvgIpc) is 2.82. The molecule has 3 aromatic carbocycles. The zero-order valence-corrected chi connectivity index (χ0v) is 18.0. The molecule has 0 aromatic heterocycles. The van der Waals surface area contributed by atoms with E-state index in [2.05, 4.69) is 57.6 Å². The number of benzene rings is 3. The fourth-order valence-electron chi connectivity index (χ4n) is 3.89. The van der Waals surface area contributed by atoms with Gasteiger partial charge in [-0.1, -0.05) is 42.5 Å². The number of ether oxygens (including phenoxy) is 1. The topological polar surface area (TPSA) is 44.8 Å². The quantitative estimate of drug-likeness (QED) is 0.628. The largest absolute Gasteiger partial charge is 0.497 e. The van der Waals surface area contributed by atoms with Crippen LogP contribution in [0.2, 0.25) is 0 Å². The van der Waals surface area contributed by atoms with Crippen molar-refractivity contribution >= 4 is 17.3 Å². The number of methoxy groups -OCH3 is 1. The molecule has 1 aliphatic heterocycles. The number of hydrogen-bond donors (Lipinski definition) is 1. The minimum absolute atomic E-state index is 0.0186. The third-order valence-corrected chi connectivity index (χ3v) is 5.66. The van der Waals surface area contributed by atoms with E-state index >= 15 is 0 Å². The van der Waals surface area contributed by atoms with Gasteiger partial charge in [-0.3, -0.25) is 9.69 Å². The van der Waals surface area contributed by atoms with Crippen molar-refractivity contribution in [1.82, 2.24) is 4.90 Å². The fraction of sp³-hybridized carbons (Fsp3) is 0.269. The van der Waals surface area contributed by atoms with Crippen molar-refractivity contribution in [3.05, 3.63) is 90.0 Å². The second kappa shape index (κ2) is 10.1. The van der Waals surface area contributed by atoms with Gasteiger partial charge < -0.3 is 15.0 Å². The average molecular weight is 416 g/mol. The van der Waals surface area contributed by atoms with Gasteiger partial charge in [-0.25, -0.2) is 0 Å². The molecule has 1 amide bonds. The van der Waals surface area contributed by atoms with E-state index in [9.17, 15) is 4.79 Å². The van der Waals surface area contributed by atoms with E-state index in [4.69, 9.17) is 4.74 Å². The van der Waals surface area contributed by atoms with Crippen LogP contribution in [0.3, 0.4) is 0 Å². The number of piperazine rings is 1. The van der Waals surface area contributed by atoms with Gasteiger partial charge >= 0.3 is 0 Å². The summed E-state index contributed by atoms with van der Waals surface area (Å²) in [5.74, 6) is 0.774. The second-order valence-corrected chi connectivity index (χ2v) is 7.87. The molecule has 31 heavy (non-hydrogen) atoms. The molecule has 0 unspecified atom stereocenters. The first-order valence-corrected chi connectivity index (χ1v) is 10.7. The zero-order valence-electron chi connectivity index (χ0n) is 18.0. The van der Waals surface area contributed by atoms with Crippen molar-refractivity contribution in [1.29, 1.82) is 0 Å². The highest BCUT2D eigenvalue weighted by atomic mass is 16.5. The van der Waals surface area contributed by atoms with Crippen LogP contribution in [0.25, 0.3) is 0 Å². The molecular weight excluding hydrogens is 386 g/mol. The summed E-state index contributed by atoms with van der Waals surface area (Å²) in [6.07, 6.45) is 0.345. The van der Waals surface area contributed by atoms with Crippen molar-refractivity contribution in [2.75, 3.05) is 43.5 Å². The number of rotatable bonds is 7. The van der Waals surface area contributed by atoms with Crippen LogP contribution in [-0.4, -0.2) is 44.1 Å². The van der Waals surface area contributed by atoms with Gasteiger partial charge in [0.05, 0.1) is 13.5 Å². The van der Waals surface area contributed by atoms with Crippen LogP contribution in [-0.2, 0) is 17.8 Å². The maximum Gasteiger partial charge on any atom is 0.228 e. The smallest absolute Gasteiger partial charge is 0.228 e. The number of amides is 1. The number of hydrogen-bond acceptors (Lipinski definition) is 4. The fourth-order valence-corrected chi connectivity index (χ4v) is 3.89. The molecule has 0 bridgehead atoms. The molecule has 0 radical (unpaired) electrons. The van der Waals surface area contributed by atoms with E-state index in [1.54, 1.807) is 7.11 Å². The van der Waals surface area contributed by atoms with Gasteiger partial charge in [-0.05, 0) is 47.5 Å². The van der Waals surface area contributed by atoms with Crippen molar-refractivity contribution in [2.45, 2.75) is 13.0 Å². The molecule has 5 heteroatoms. The molecule has 1 fully saturated rings. The Hall–Kier alpha value is -3.31. The van der Waals surface area contributed by atoms with Crippen molar-refractivity contribution in [3.63, 3.8) is 0 Å². The molecule has 3 aromatic rings. The third-order valence-electron chi connectivity index (χ3n) is 5.66. The van der Waals surface area contributed by atoms with Crippen molar-refractivity contribution in [3.8, 4) is 5.75 Å². The molecule has 160 valence electrons. The van der Waals surface area contributed by atoms with Crippen LogP contribution in [0.5, 0.6) is 5.75 Å². The monoisotopic (exact) mass is 415 g/mol. The molecule has 1 aliphatic rings. The molecule has 1 N–H and O–H groups in total. The van der Waals surface area contributed by atoms with Gasteiger partial charge in [0.15, 0.2) is 0 Å². The van der Waals surface area contributed by atoms with Gasteiger partial charge in [0.2, 0.25) is 5.91 Å². The Kier molecular flexibility index (Phi) is 6.85. The third kappa shape index (κ3) is 5.86. The molecule has 1 heterocycles. The van der Waals surface area contributed by atoms with Gasteiger partial charge in [0.1, 0.15) is 5.75 Å². The van der Waals surface area contributed by atoms with Gasteiger partial charge in [-0.15, -0.1) is 0 Å². The lowest BCUT2D eigenvalue weighted by atomic mass is 10.1. The summed E-state index contributed by atoms with van der Waals surface area (Å²) in [6, 6.07) is 26.4. The maximum absolute atomic E-state index is 12.3. The number of carbonyl (C=O) groups is 1. The Morgan fingerprint density at radius 1 is 0.839 bits per heavy atom. The minimum Gasteiger partial charge on any atom is -0.497 e. The lowest BCUT2D eigenvalue weighted by Gasteiger charge is -2.36. The molecular formula is C26H29N3O2. The Balaban J connectivity index is 1.24. The number of anilines is 2. The Morgan fingerprint density at radius 3 is 2.13 bits per heavy atom. The van der Waals surface area contributed by atoms with E-state index < -0.39 is 0 Å². The van der Waals surface area contributed by atoms with E-state index in [1.807, 2.05) is 36.4 Å². The van der Waals surface area contributed by atoms with E-state index in [0.717, 1.165) is 49.7 Å². The van der Waals surface area contributed by atoms with Crippen LogP contribution >= 0.6 is 0 Å². The maximum atomic E-state index is 12.3. The summed E-state index contributed by atoms with van der Waals surface area (Å²) < 4.78 is 5.15. The van der Waals surface area contributed by atoms with E-state index in [1.165, 1.54) is 11.3 Å². The van der Waals surface area contributed by atoms with Gasteiger partial charge in [0.25, 0.3) is 0 Å². The Bertz CT molecular complexity index is 964. The molecule has 0 spiro atoms. The molecule has 1 saturated heterocycles. The summed E-state index contributed by atoms with van der Waals surface area (Å²) >= 11 is 0. The predicted octanol–water partition coefficient (Wildman–Crippen LogP) is 4.20. The zero-order chi connectivity index (χ0) is 21.5. The molecule has 0 aliphatic carbocycles. The van der Waals surface area contributed by atoms with E-state index in [0.29, 0.717) is 6.42 Å². The molecule has 4 rings (SSSR count). The number of para-hydroxylation sites is 1. The summed E-state index contributed by atoms with van der Waals surface area (Å²) in [7, 11) is 1.63. The minimum atomic E-state index is -0.0186. The molecule has 0 atom stereocenters. The van der Waals surface area contributed by atoms with Crippen LogP contribution in [0.4, 0.5) is 11.4 Å². The molecule has 5 nitrogen and oxygen atoms in total. The number of carbonyl (C=O) groups excluding carboxylic acids is 1. The Morgan fingerprint density at radius 2 is 1.48 bits per heavy atom. The summed E-state index contributed by atoms with van der Waals surface area (Å²) in [6.45, 7) is 5.13. The van der Waals surface area contributed by atoms with Crippen LogP contribution in [0, 0.1) is 0 Å². The Labute approximate surface area is 184 Å². The molecule has 0 saturated carbocycles. The van der Waals surface area contributed by atoms with E-state index in [-0.39, 0.29) is 5.91 Å². The van der Waals surface area contributed by atoms with Gasteiger partial charge in [0, 0.05) is 44.1 Å². The van der Waals surface area contributed by atoms with Crippen LogP contribution in [0.1, 0.15) is 11.1 Å². The lowest BCUT2D eigenvalue weighted by molar-refractivity contribution is -0.115. The normalized spacial score (nSPS) is 14.3. The van der Waals surface area contributed by atoms with Crippen molar-refractivity contribution in [2.24, 2.45) is 0 Å². The first-order chi connectivity index (χ1) is 15.2. The highest BCUT2D eigenvalue weighted by molar-refractivity contribution is 5.92. The number of nitrogens with zero attached hydrogens (tertiary/aromatic N) is 2. The highest BCUT2D eigenvalue weighted by Crippen LogP contribution is 2.18. The first kappa shape index (κ1) is 20.9. The predicted molar refractivity (Wildman–Crippen MR) is 126 cm³/mol. The standard InChI is InChI=1S/C26H29N3O2/c1-31-25-13-9-21(10-14-25)19-26(30)27-23-11-7-22(8-12-23)20-28-15-17-29(18-16-28)24-5-3-2-4-6-24/h2-14H,15-20H2,1H3,(H,27,30). The summed E-state index contributed by atoms with van der Waals surface area (Å²) in [4.78, 5) is 17.3. The highest BCUT2D eigenvalue weighted by Gasteiger charge is 2.17. The second-order valence-electron chi connectivity index (χ2n) is 7.87. The SMILES string of the molecule is COc1ccc(CC(=O)Nc2ccc(CN3CCN(c4ccccc4)CC3)cc2)cc1. The van der Waals surface area contributed by atoms with Crippen molar-refractivity contribution < 1.29 is 9.53 Å². The first-order valence-electron chi connectivity index (χ1n) is 10.7. The lowest BCUT2D eigenvalue weighted by Crippen LogP contribution is -2.45. The summed E-state index contributed by atoms with van der Waals surface area (Å²) in [5.41, 5.74) is 4.36.